The maximum atomic E-state index is 12.1. The lowest BCUT2D eigenvalue weighted by atomic mass is 9.71. The molecule has 0 atom stereocenters. The minimum Gasteiger partial charge on any atom is -0.356 e. The zero-order valence-corrected chi connectivity index (χ0v) is 16.3. The van der Waals surface area contributed by atoms with Gasteiger partial charge in [-0.05, 0) is 44.6 Å². The van der Waals surface area contributed by atoms with Gasteiger partial charge in [-0.2, -0.15) is 0 Å². The molecule has 0 radical (unpaired) electrons. The number of amides is 1. The summed E-state index contributed by atoms with van der Waals surface area (Å²) in [5.74, 6) is 1.22. The van der Waals surface area contributed by atoms with Gasteiger partial charge in [0, 0.05) is 31.9 Å². The summed E-state index contributed by atoms with van der Waals surface area (Å²) in [5.41, 5.74) is 6.01. The van der Waals surface area contributed by atoms with Crippen molar-refractivity contribution in [1.82, 2.24) is 14.9 Å². The van der Waals surface area contributed by atoms with E-state index in [0.717, 1.165) is 44.6 Å². The van der Waals surface area contributed by atoms with Crippen molar-refractivity contribution in [3.8, 4) is 0 Å². The summed E-state index contributed by atoms with van der Waals surface area (Å²) >= 11 is 0. The van der Waals surface area contributed by atoms with E-state index in [4.69, 9.17) is 5.73 Å². The quantitative estimate of drug-likeness (QED) is 0.681. The summed E-state index contributed by atoms with van der Waals surface area (Å²) in [7, 11) is 0. The second-order valence-electron chi connectivity index (χ2n) is 6.67. The number of aromatic nitrogens is 2. The van der Waals surface area contributed by atoms with Crippen LogP contribution in [0.1, 0.15) is 57.2 Å². The molecular weight excluding hydrogens is 347 g/mol. The summed E-state index contributed by atoms with van der Waals surface area (Å²) in [4.78, 5) is 16.3. The molecule has 3 N–H and O–H groups in total. The fraction of sp³-hybridized carbons (Fsp3) is 0.765. The van der Waals surface area contributed by atoms with Gasteiger partial charge in [0.1, 0.15) is 5.82 Å². The van der Waals surface area contributed by atoms with E-state index in [2.05, 4.69) is 14.9 Å². The molecule has 140 valence electrons. The van der Waals surface area contributed by atoms with Crippen LogP contribution in [0.5, 0.6) is 0 Å². The van der Waals surface area contributed by atoms with Gasteiger partial charge in [-0.1, -0.05) is 19.3 Å². The van der Waals surface area contributed by atoms with Gasteiger partial charge >= 0.3 is 0 Å². The molecule has 1 aliphatic rings. The van der Waals surface area contributed by atoms with E-state index >= 15 is 0 Å². The molecule has 0 aliphatic heterocycles. The van der Waals surface area contributed by atoms with Crippen LogP contribution in [-0.2, 0) is 11.3 Å². The number of imidazole rings is 1. The van der Waals surface area contributed by atoms with Crippen LogP contribution in [0.4, 0.5) is 0 Å². The monoisotopic (exact) mass is 378 g/mol. The number of nitrogens with one attached hydrogen (secondary N) is 1. The molecule has 5 nitrogen and oxygen atoms in total. The Morgan fingerprint density at radius 3 is 2.58 bits per heavy atom. The maximum absolute atomic E-state index is 12.1. The Labute approximate surface area is 158 Å². The topological polar surface area (TPSA) is 72.9 Å². The van der Waals surface area contributed by atoms with E-state index in [1.54, 1.807) is 0 Å². The van der Waals surface area contributed by atoms with Crippen molar-refractivity contribution < 1.29 is 4.79 Å². The molecule has 0 spiro atoms. The number of rotatable bonds is 8. The van der Waals surface area contributed by atoms with E-state index in [1.807, 2.05) is 19.3 Å². The molecular formula is C17H32Cl2N4O. The standard InChI is InChI=1S/C17H30N4O.2ClH/c1-15-19-10-12-21(15)11-6-5-9-20-16(22)13-17(14-18)7-3-2-4-8-17;;/h10,12H,2-9,11,13-14,18H2,1H3,(H,20,22);2*1H. The van der Waals surface area contributed by atoms with E-state index < -0.39 is 0 Å². The minimum atomic E-state index is 0. The number of nitrogens with two attached hydrogens (primary N) is 1. The molecule has 1 aromatic heterocycles. The number of unbranched alkanes of at least 4 members (excludes halogenated alkanes) is 1. The molecule has 0 unspecified atom stereocenters. The van der Waals surface area contributed by atoms with Gasteiger partial charge in [-0.25, -0.2) is 4.98 Å². The van der Waals surface area contributed by atoms with Crippen molar-refractivity contribution in [2.24, 2.45) is 11.1 Å². The van der Waals surface area contributed by atoms with Crippen molar-refractivity contribution in [3.63, 3.8) is 0 Å². The fourth-order valence-electron chi connectivity index (χ4n) is 3.43. The van der Waals surface area contributed by atoms with Crippen molar-refractivity contribution in [2.45, 2.75) is 64.8 Å². The van der Waals surface area contributed by atoms with Gasteiger partial charge in [0.05, 0.1) is 0 Å². The summed E-state index contributed by atoms with van der Waals surface area (Å²) in [6.45, 7) is 4.38. The molecule has 1 aliphatic carbocycles. The molecule has 0 saturated heterocycles. The van der Waals surface area contributed by atoms with Gasteiger partial charge in [-0.15, -0.1) is 24.8 Å². The van der Waals surface area contributed by atoms with Gasteiger partial charge < -0.3 is 15.6 Å². The normalized spacial score (nSPS) is 15.9. The number of carbonyl (C=O) groups excluding carboxylic acids is 1. The third kappa shape index (κ3) is 6.99. The summed E-state index contributed by atoms with van der Waals surface area (Å²) in [5, 5.41) is 3.06. The Hall–Kier alpha value is -0.780. The van der Waals surface area contributed by atoms with Gasteiger partial charge in [0.15, 0.2) is 0 Å². The van der Waals surface area contributed by atoms with Crippen LogP contribution in [0.15, 0.2) is 12.4 Å². The first kappa shape index (κ1) is 23.2. The van der Waals surface area contributed by atoms with Gasteiger partial charge in [-0.3, -0.25) is 4.79 Å². The largest absolute Gasteiger partial charge is 0.356 e. The summed E-state index contributed by atoms with van der Waals surface area (Å²) in [6, 6.07) is 0. The number of hydrogen-bond acceptors (Lipinski definition) is 3. The number of nitrogens with zero attached hydrogens (tertiary/aromatic N) is 2. The van der Waals surface area contributed by atoms with Crippen molar-refractivity contribution in [1.29, 1.82) is 0 Å². The molecule has 1 saturated carbocycles. The number of halogens is 2. The lowest BCUT2D eigenvalue weighted by Crippen LogP contribution is -2.38. The van der Waals surface area contributed by atoms with Crippen LogP contribution in [0, 0.1) is 12.3 Å². The van der Waals surface area contributed by atoms with E-state index in [1.165, 1.54) is 19.3 Å². The highest BCUT2D eigenvalue weighted by molar-refractivity contribution is 5.85. The predicted molar refractivity (Wildman–Crippen MR) is 103 cm³/mol. The van der Waals surface area contributed by atoms with Gasteiger partial charge in [0.2, 0.25) is 5.91 Å². The first-order valence-corrected chi connectivity index (χ1v) is 8.60. The van der Waals surface area contributed by atoms with E-state index in [9.17, 15) is 4.79 Å². The van der Waals surface area contributed by atoms with E-state index in [0.29, 0.717) is 13.0 Å². The first-order valence-electron chi connectivity index (χ1n) is 8.60. The molecule has 24 heavy (non-hydrogen) atoms. The molecule has 1 heterocycles. The first-order chi connectivity index (χ1) is 10.7. The third-order valence-electron chi connectivity index (χ3n) is 4.95. The zero-order valence-electron chi connectivity index (χ0n) is 14.6. The predicted octanol–water partition coefficient (Wildman–Crippen LogP) is 3.23. The Balaban J connectivity index is 0.00000264. The highest BCUT2D eigenvalue weighted by Crippen LogP contribution is 2.38. The van der Waals surface area contributed by atoms with Crippen molar-refractivity contribution >= 4 is 30.7 Å². The lowest BCUT2D eigenvalue weighted by molar-refractivity contribution is -0.123. The smallest absolute Gasteiger partial charge is 0.220 e. The third-order valence-corrected chi connectivity index (χ3v) is 4.95. The van der Waals surface area contributed by atoms with Crippen molar-refractivity contribution in [3.05, 3.63) is 18.2 Å². The van der Waals surface area contributed by atoms with Crippen LogP contribution in [-0.4, -0.2) is 28.5 Å². The molecule has 1 aromatic rings. The summed E-state index contributed by atoms with van der Waals surface area (Å²) in [6.07, 6.45) is 12.4. The zero-order chi connectivity index (χ0) is 15.8. The van der Waals surface area contributed by atoms with Crippen LogP contribution >= 0.6 is 24.8 Å². The number of carbonyl (C=O) groups is 1. The van der Waals surface area contributed by atoms with E-state index in [-0.39, 0.29) is 36.1 Å². The Bertz CT molecular complexity index is 473. The second-order valence-corrected chi connectivity index (χ2v) is 6.67. The second kappa shape index (κ2) is 11.7. The Morgan fingerprint density at radius 2 is 2.00 bits per heavy atom. The molecule has 2 rings (SSSR count). The van der Waals surface area contributed by atoms with Crippen LogP contribution < -0.4 is 11.1 Å². The average molecular weight is 379 g/mol. The van der Waals surface area contributed by atoms with Crippen LogP contribution in [0.25, 0.3) is 0 Å². The maximum Gasteiger partial charge on any atom is 0.220 e. The minimum absolute atomic E-state index is 0. The lowest BCUT2D eigenvalue weighted by Gasteiger charge is -2.35. The molecule has 1 amide bonds. The number of aryl methyl sites for hydroxylation is 2. The molecule has 0 aromatic carbocycles. The molecule has 7 heteroatoms. The fourth-order valence-corrected chi connectivity index (χ4v) is 3.43. The Kier molecular flexibility index (Phi) is 11.3. The summed E-state index contributed by atoms with van der Waals surface area (Å²) < 4.78 is 2.15. The van der Waals surface area contributed by atoms with Crippen LogP contribution in [0.2, 0.25) is 0 Å². The highest BCUT2D eigenvalue weighted by atomic mass is 35.5. The van der Waals surface area contributed by atoms with Gasteiger partial charge in [0.25, 0.3) is 0 Å². The van der Waals surface area contributed by atoms with Crippen LogP contribution in [0.3, 0.4) is 0 Å². The highest BCUT2D eigenvalue weighted by Gasteiger charge is 2.32. The average Bonchev–Trinajstić information content (AvgIpc) is 2.93. The molecule has 0 bridgehead atoms. The SMILES string of the molecule is Cc1nccn1CCCCNC(=O)CC1(CN)CCCCC1.Cl.Cl. The number of hydrogen-bond donors (Lipinski definition) is 2. The van der Waals surface area contributed by atoms with Crippen molar-refractivity contribution in [2.75, 3.05) is 13.1 Å². The molecule has 1 fully saturated rings. The Morgan fingerprint density at radius 1 is 1.29 bits per heavy atom.